The molecule has 1 aliphatic rings. The lowest BCUT2D eigenvalue weighted by Gasteiger charge is -2.26. The molecule has 0 nitrogen and oxygen atoms in total. The Hall–Kier alpha value is 0. The molecule has 0 amide bonds. The van der Waals surface area contributed by atoms with Crippen molar-refractivity contribution < 1.29 is 0 Å². The number of hydrogen-bond acceptors (Lipinski definition) is 0. The molecule has 1 unspecified atom stereocenters. The molecule has 0 aromatic rings. The van der Waals surface area contributed by atoms with Crippen LogP contribution in [0.5, 0.6) is 0 Å². The molecule has 102 valence electrons. The molecule has 0 radical (unpaired) electrons. The van der Waals surface area contributed by atoms with E-state index in [0.717, 1.165) is 17.8 Å². The standard InChI is InChI=1S/C17H34/c1-4-10-15(3)17-13-8-6-11-16(5-2)12-7-9-14-17/h15-17H,4-14H2,1-3H3. The van der Waals surface area contributed by atoms with E-state index >= 15 is 0 Å². The van der Waals surface area contributed by atoms with Crippen LogP contribution in [0.15, 0.2) is 0 Å². The smallest absolute Gasteiger partial charge is 0.0388 e. The first-order valence-corrected chi connectivity index (χ1v) is 8.27. The van der Waals surface area contributed by atoms with Gasteiger partial charge in [0, 0.05) is 0 Å². The largest absolute Gasteiger partial charge is 0.0654 e. The molecule has 1 aliphatic carbocycles. The maximum atomic E-state index is 2.49. The Morgan fingerprint density at radius 2 is 1.41 bits per heavy atom. The lowest BCUT2D eigenvalue weighted by Crippen LogP contribution is -2.13. The van der Waals surface area contributed by atoms with Crippen LogP contribution in [-0.4, -0.2) is 0 Å². The topological polar surface area (TPSA) is 0 Å². The van der Waals surface area contributed by atoms with Crippen LogP contribution in [0.4, 0.5) is 0 Å². The molecule has 0 aliphatic heterocycles. The molecule has 0 aromatic heterocycles. The summed E-state index contributed by atoms with van der Waals surface area (Å²) in [5.74, 6) is 3.05. The molecule has 1 rings (SSSR count). The normalized spacial score (nSPS) is 29.8. The Balaban J connectivity index is 2.35. The zero-order chi connectivity index (χ0) is 12.5. The summed E-state index contributed by atoms with van der Waals surface area (Å²) in [6, 6.07) is 0. The van der Waals surface area contributed by atoms with Crippen molar-refractivity contribution in [2.24, 2.45) is 17.8 Å². The molecular weight excluding hydrogens is 204 g/mol. The van der Waals surface area contributed by atoms with Gasteiger partial charge in [0.05, 0.1) is 0 Å². The van der Waals surface area contributed by atoms with E-state index in [1.165, 1.54) is 70.6 Å². The summed E-state index contributed by atoms with van der Waals surface area (Å²) < 4.78 is 0. The van der Waals surface area contributed by atoms with Gasteiger partial charge in [-0.25, -0.2) is 0 Å². The van der Waals surface area contributed by atoms with E-state index in [0.29, 0.717) is 0 Å². The van der Waals surface area contributed by atoms with E-state index in [4.69, 9.17) is 0 Å². The predicted molar refractivity (Wildman–Crippen MR) is 78.3 cm³/mol. The van der Waals surface area contributed by atoms with Crippen molar-refractivity contribution in [2.45, 2.75) is 91.4 Å². The van der Waals surface area contributed by atoms with Crippen LogP contribution < -0.4 is 0 Å². The van der Waals surface area contributed by atoms with E-state index in [1.807, 2.05) is 0 Å². The molecule has 0 aromatic carbocycles. The van der Waals surface area contributed by atoms with Crippen molar-refractivity contribution in [3.05, 3.63) is 0 Å². The third-order valence-electron chi connectivity index (χ3n) is 5.00. The van der Waals surface area contributed by atoms with Gasteiger partial charge in [-0.05, 0) is 17.8 Å². The third-order valence-corrected chi connectivity index (χ3v) is 5.00. The second-order valence-electron chi connectivity index (χ2n) is 6.37. The Kier molecular flexibility index (Phi) is 7.97. The highest BCUT2D eigenvalue weighted by atomic mass is 14.2. The average molecular weight is 238 g/mol. The molecular formula is C17H34. The average Bonchev–Trinajstić information content (AvgIpc) is 2.35. The molecule has 0 saturated heterocycles. The Labute approximate surface area is 110 Å². The summed E-state index contributed by atoms with van der Waals surface area (Å²) in [4.78, 5) is 0. The quantitative estimate of drug-likeness (QED) is 0.547. The molecule has 17 heavy (non-hydrogen) atoms. The third kappa shape index (κ3) is 5.93. The van der Waals surface area contributed by atoms with Crippen LogP contribution in [0.1, 0.15) is 91.4 Å². The predicted octanol–water partition coefficient (Wildman–Crippen LogP) is 6.20. The molecule has 0 bridgehead atoms. The lowest BCUT2D eigenvalue weighted by atomic mass is 9.80. The number of rotatable bonds is 4. The molecule has 1 atom stereocenters. The van der Waals surface area contributed by atoms with Gasteiger partial charge >= 0.3 is 0 Å². The van der Waals surface area contributed by atoms with Gasteiger partial charge in [0.2, 0.25) is 0 Å². The first-order valence-electron chi connectivity index (χ1n) is 8.27. The zero-order valence-corrected chi connectivity index (χ0v) is 12.5. The monoisotopic (exact) mass is 238 g/mol. The fourth-order valence-electron chi connectivity index (χ4n) is 3.64. The van der Waals surface area contributed by atoms with Crippen LogP contribution >= 0.6 is 0 Å². The Bertz CT molecular complexity index is 161. The minimum atomic E-state index is 0.974. The summed E-state index contributed by atoms with van der Waals surface area (Å²) in [7, 11) is 0. The highest BCUT2D eigenvalue weighted by molar-refractivity contribution is 4.70. The van der Waals surface area contributed by atoms with E-state index in [-0.39, 0.29) is 0 Å². The molecule has 0 heteroatoms. The van der Waals surface area contributed by atoms with E-state index in [9.17, 15) is 0 Å². The molecule has 0 N–H and O–H groups in total. The second-order valence-corrected chi connectivity index (χ2v) is 6.37. The summed E-state index contributed by atoms with van der Waals surface area (Å²) in [6.07, 6.45) is 16.2. The van der Waals surface area contributed by atoms with Gasteiger partial charge in [0.1, 0.15) is 0 Å². The summed E-state index contributed by atoms with van der Waals surface area (Å²) in [5, 5.41) is 0. The van der Waals surface area contributed by atoms with E-state index in [1.54, 1.807) is 0 Å². The van der Waals surface area contributed by atoms with E-state index in [2.05, 4.69) is 20.8 Å². The van der Waals surface area contributed by atoms with Crippen molar-refractivity contribution in [1.29, 1.82) is 0 Å². The SMILES string of the molecule is CCCC(C)C1CCCCC(CC)CCCC1. The van der Waals surface area contributed by atoms with Gasteiger partial charge in [0.25, 0.3) is 0 Å². The van der Waals surface area contributed by atoms with Gasteiger partial charge in [-0.2, -0.15) is 0 Å². The highest BCUT2D eigenvalue weighted by Gasteiger charge is 2.18. The van der Waals surface area contributed by atoms with Gasteiger partial charge in [-0.3, -0.25) is 0 Å². The fraction of sp³-hybridized carbons (Fsp3) is 1.00. The summed E-state index contributed by atoms with van der Waals surface area (Å²) >= 11 is 0. The fourth-order valence-corrected chi connectivity index (χ4v) is 3.64. The van der Waals surface area contributed by atoms with Gasteiger partial charge in [0.15, 0.2) is 0 Å². The van der Waals surface area contributed by atoms with Gasteiger partial charge in [-0.15, -0.1) is 0 Å². The molecule has 0 spiro atoms. The maximum Gasteiger partial charge on any atom is -0.0388 e. The summed E-state index contributed by atoms with van der Waals surface area (Å²) in [5.41, 5.74) is 0. The number of hydrogen-bond donors (Lipinski definition) is 0. The van der Waals surface area contributed by atoms with Crippen molar-refractivity contribution in [3.8, 4) is 0 Å². The van der Waals surface area contributed by atoms with Gasteiger partial charge in [-0.1, -0.05) is 91.4 Å². The lowest BCUT2D eigenvalue weighted by molar-refractivity contribution is 0.261. The molecule has 1 saturated carbocycles. The highest BCUT2D eigenvalue weighted by Crippen LogP contribution is 2.31. The Morgan fingerprint density at radius 1 is 0.882 bits per heavy atom. The minimum absolute atomic E-state index is 0.974. The van der Waals surface area contributed by atoms with Crippen LogP contribution in [0.3, 0.4) is 0 Å². The molecule has 0 heterocycles. The van der Waals surface area contributed by atoms with Crippen molar-refractivity contribution in [3.63, 3.8) is 0 Å². The van der Waals surface area contributed by atoms with Crippen LogP contribution in [0.2, 0.25) is 0 Å². The van der Waals surface area contributed by atoms with Gasteiger partial charge < -0.3 is 0 Å². The summed E-state index contributed by atoms with van der Waals surface area (Å²) in [6.45, 7) is 7.21. The van der Waals surface area contributed by atoms with E-state index < -0.39 is 0 Å². The van der Waals surface area contributed by atoms with Crippen molar-refractivity contribution in [2.75, 3.05) is 0 Å². The van der Waals surface area contributed by atoms with Crippen LogP contribution in [-0.2, 0) is 0 Å². The first-order chi connectivity index (χ1) is 8.27. The molecule has 1 fully saturated rings. The van der Waals surface area contributed by atoms with Crippen LogP contribution in [0, 0.1) is 17.8 Å². The second kappa shape index (κ2) is 9.00. The Morgan fingerprint density at radius 3 is 1.88 bits per heavy atom. The zero-order valence-electron chi connectivity index (χ0n) is 12.5. The van der Waals surface area contributed by atoms with Crippen molar-refractivity contribution >= 4 is 0 Å². The minimum Gasteiger partial charge on any atom is -0.0654 e. The van der Waals surface area contributed by atoms with Crippen molar-refractivity contribution in [1.82, 2.24) is 0 Å². The first kappa shape index (κ1) is 15.1. The maximum absolute atomic E-state index is 2.49. The van der Waals surface area contributed by atoms with Crippen LogP contribution in [0.25, 0.3) is 0 Å².